The highest BCUT2D eigenvalue weighted by Crippen LogP contribution is 2.35. The normalized spacial score (nSPS) is 18.1. The van der Waals surface area contributed by atoms with Crippen LogP contribution in [-0.4, -0.2) is 55.1 Å². The second kappa shape index (κ2) is 6.36. The maximum absolute atomic E-state index is 13.2. The van der Waals surface area contributed by atoms with Crippen molar-refractivity contribution >= 4 is 5.91 Å². The van der Waals surface area contributed by atoms with Crippen molar-refractivity contribution in [3.8, 4) is 22.9 Å². The average Bonchev–Trinajstić information content (AvgIpc) is 3.33. The van der Waals surface area contributed by atoms with E-state index in [0.29, 0.717) is 43.4 Å². The van der Waals surface area contributed by atoms with Crippen molar-refractivity contribution in [3.63, 3.8) is 0 Å². The third kappa shape index (κ3) is 2.62. The molecule has 0 bridgehead atoms. The first-order valence-corrected chi connectivity index (χ1v) is 9.22. The molecule has 1 atom stereocenters. The highest BCUT2D eigenvalue weighted by Gasteiger charge is 2.32. The minimum Gasteiger partial charge on any atom is -0.486 e. The zero-order valence-electron chi connectivity index (χ0n) is 15.7. The van der Waals surface area contributed by atoms with Crippen molar-refractivity contribution in [3.05, 3.63) is 42.0 Å². The van der Waals surface area contributed by atoms with Crippen molar-refractivity contribution in [2.45, 2.75) is 19.5 Å². The Labute approximate surface area is 161 Å². The average molecular weight is 380 g/mol. The van der Waals surface area contributed by atoms with Gasteiger partial charge in [-0.15, -0.1) is 10.2 Å². The summed E-state index contributed by atoms with van der Waals surface area (Å²) >= 11 is 0. The molecule has 9 nitrogen and oxygen atoms in total. The zero-order chi connectivity index (χ0) is 19.3. The van der Waals surface area contributed by atoms with Crippen LogP contribution >= 0.6 is 0 Å². The molecule has 0 spiro atoms. The Morgan fingerprint density at radius 1 is 1.21 bits per heavy atom. The van der Waals surface area contributed by atoms with Crippen LogP contribution in [0.5, 0.6) is 11.5 Å². The summed E-state index contributed by atoms with van der Waals surface area (Å²) in [6.07, 6.45) is 3.68. The number of nitrogens with zero attached hydrogens (tertiary/aromatic N) is 6. The third-order valence-electron chi connectivity index (χ3n) is 5.07. The summed E-state index contributed by atoms with van der Waals surface area (Å²) in [5, 5.41) is 12.9. The minimum absolute atomic E-state index is 0.0367. The Hall–Kier alpha value is -3.36. The van der Waals surface area contributed by atoms with Gasteiger partial charge in [0.1, 0.15) is 13.2 Å². The highest BCUT2D eigenvalue weighted by molar-refractivity contribution is 5.98. The van der Waals surface area contributed by atoms with E-state index in [2.05, 4.69) is 26.8 Å². The number of carbonyl (C=O) groups is 1. The Morgan fingerprint density at radius 3 is 2.89 bits per heavy atom. The lowest BCUT2D eigenvalue weighted by molar-refractivity contribution is 0.0672. The van der Waals surface area contributed by atoms with Crippen molar-refractivity contribution in [2.75, 3.05) is 19.8 Å². The molecule has 144 valence electrons. The molecule has 1 aromatic carbocycles. The molecular weight excluding hydrogens is 360 g/mol. The Kier molecular flexibility index (Phi) is 3.81. The molecule has 5 rings (SSSR count). The summed E-state index contributed by atoms with van der Waals surface area (Å²) in [5.41, 5.74) is 1.43. The van der Waals surface area contributed by atoms with Gasteiger partial charge in [-0.3, -0.25) is 9.48 Å². The van der Waals surface area contributed by atoms with Gasteiger partial charge < -0.3 is 18.9 Å². The summed E-state index contributed by atoms with van der Waals surface area (Å²) in [6, 6.07) is 5.45. The topological polar surface area (TPSA) is 87.3 Å². The SMILES string of the molecule is C[C@H]1CN(C(=O)c2cccc3c2OCCO3)Cc2nnc(-c3cnn(C)c3)n21. The molecule has 28 heavy (non-hydrogen) atoms. The van der Waals surface area contributed by atoms with E-state index in [9.17, 15) is 4.79 Å². The number of aromatic nitrogens is 5. The van der Waals surface area contributed by atoms with E-state index in [1.807, 2.05) is 25.4 Å². The second-order valence-electron chi connectivity index (χ2n) is 7.08. The molecule has 0 unspecified atom stereocenters. The van der Waals surface area contributed by atoms with Gasteiger partial charge >= 0.3 is 0 Å². The minimum atomic E-state index is -0.0913. The molecule has 0 N–H and O–H groups in total. The van der Waals surface area contributed by atoms with Crippen LogP contribution in [0.4, 0.5) is 0 Å². The van der Waals surface area contributed by atoms with Crippen molar-refractivity contribution in [1.29, 1.82) is 0 Å². The van der Waals surface area contributed by atoms with E-state index < -0.39 is 0 Å². The standard InChI is InChI=1S/C19H20N6O3/c1-12-9-24(19(26)14-4-3-5-15-17(14)28-7-6-27-15)11-16-21-22-18(25(12)16)13-8-20-23(2)10-13/h3-5,8,10,12H,6-7,9,11H2,1-2H3/t12-/m0/s1. The van der Waals surface area contributed by atoms with Crippen LogP contribution in [0.25, 0.3) is 11.4 Å². The Morgan fingerprint density at radius 2 is 2.07 bits per heavy atom. The number of benzene rings is 1. The van der Waals surface area contributed by atoms with Crippen molar-refractivity contribution in [2.24, 2.45) is 7.05 Å². The molecule has 1 amide bonds. The van der Waals surface area contributed by atoms with E-state index in [1.165, 1.54) is 0 Å². The van der Waals surface area contributed by atoms with Gasteiger partial charge in [-0.25, -0.2) is 0 Å². The van der Waals surface area contributed by atoms with Crippen molar-refractivity contribution < 1.29 is 14.3 Å². The molecule has 2 aromatic heterocycles. The first-order chi connectivity index (χ1) is 13.6. The smallest absolute Gasteiger partial charge is 0.258 e. The molecule has 9 heteroatoms. The number of ether oxygens (including phenoxy) is 2. The van der Waals surface area contributed by atoms with Crippen LogP contribution in [0.2, 0.25) is 0 Å². The second-order valence-corrected chi connectivity index (χ2v) is 7.08. The zero-order valence-corrected chi connectivity index (χ0v) is 15.7. The van der Waals surface area contributed by atoms with Gasteiger partial charge in [-0.2, -0.15) is 5.10 Å². The van der Waals surface area contributed by atoms with Crippen LogP contribution in [0.1, 0.15) is 29.1 Å². The summed E-state index contributed by atoms with van der Waals surface area (Å²) in [7, 11) is 1.87. The van der Waals surface area contributed by atoms with E-state index >= 15 is 0 Å². The fraction of sp³-hybridized carbons (Fsp3) is 0.368. The van der Waals surface area contributed by atoms with E-state index in [1.54, 1.807) is 21.8 Å². The van der Waals surface area contributed by atoms with E-state index in [-0.39, 0.29) is 11.9 Å². The molecule has 0 saturated carbocycles. The lowest BCUT2D eigenvalue weighted by Crippen LogP contribution is -2.40. The molecule has 2 aliphatic heterocycles. The highest BCUT2D eigenvalue weighted by atomic mass is 16.6. The van der Waals surface area contributed by atoms with E-state index in [4.69, 9.17) is 9.47 Å². The number of carbonyl (C=O) groups excluding carboxylic acids is 1. The number of aryl methyl sites for hydroxylation is 1. The largest absolute Gasteiger partial charge is 0.486 e. The van der Waals surface area contributed by atoms with Crippen LogP contribution in [0, 0.1) is 0 Å². The summed E-state index contributed by atoms with van der Waals surface area (Å²) in [4.78, 5) is 15.0. The maximum Gasteiger partial charge on any atom is 0.258 e. The predicted octanol–water partition coefficient (Wildman–Crippen LogP) is 1.67. The number of para-hydroxylation sites is 1. The van der Waals surface area contributed by atoms with Crippen LogP contribution in [-0.2, 0) is 13.6 Å². The molecule has 0 fully saturated rings. The van der Waals surface area contributed by atoms with Gasteiger partial charge in [0.15, 0.2) is 23.1 Å². The summed E-state index contributed by atoms with van der Waals surface area (Å²) < 4.78 is 15.1. The number of hydrogen-bond acceptors (Lipinski definition) is 6. The molecule has 0 aliphatic carbocycles. The lowest BCUT2D eigenvalue weighted by atomic mass is 10.1. The Bertz CT molecular complexity index is 1060. The molecular formula is C19H20N6O3. The van der Waals surface area contributed by atoms with Gasteiger partial charge in [-0.1, -0.05) is 6.07 Å². The maximum atomic E-state index is 13.2. The summed E-state index contributed by atoms with van der Waals surface area (Å²) in [5.74, 6) is 2.58. The summed E-state index contributed by atoms with van der Waals surface area (Å²) in [6.45, 7) is 3.94. The van der Waals surface area contributed by atoms with Gasteiger partial charge in [0.2, 0.25) is 0 Å². The fourth-order valence-electron chi connectivity index (χ4n) is 3.83. The fourth-order valence-corrected chi connectivity index (χ4v) is 3.83. The number of rotatable bonds is 2. The van der Waals surface area contributed by atoms with E-state index in [0.717, 1.165) is 17.2 Å². The van der Waals surface area contributed by atoms with Gasteiger partial charge in [0, 0.05) is 19.8 Å². The van der Waals surface area contributed by atoms with Gasteiger partial charge in [0.25, 0.3) is 5.91 Å². The number of fused-ring (bicyclic) bond motifs is 2. The molecule has 3 aromatic rings. The first-order valence-electron chi connectivity index (χ1n) is 9.22. The Balaban J connectivity index is 1.46. The molecule has 4 heterocycles. The number of hydrogen-bond donors (Lipinski definition) is 0. The quantitative estimate of drug-likeness (QED) is 0.672. The van der Waals surface area contributed by atoms with Gasteiger partial charge in [0.05, 0.1) is 29.9 Å². The predicted molar refractivity (Wildman–Crippen MR) is 99.1 cm³/mol. The van der Waals surface area contributed by atoms with Crippen LogP contribution in [0.15, 0.2) is 30.6 Å². The van der Waals surface area contributed by atoms with Gasteiger partial charge in [-0.05, 0) is 19.1 Å². The van der Waals surface area contributed by atoms with Crippen LogP contribution in [0.3, 0.4) is 0 Å². The number of amides is 1. The van der Waals surface area contributed by atoms with Crippen molar-refractivity contribution in [1.82, 2.24) is 29.4 Å². The molecule has 0 saturated heterocycles. The molecule has 2 aliphatic rings. The lowest BCUT2D eigenvalue weighted by Gasteiger charge is -2.33. The monoisotopic (exact) mass is 380 g/mol. The first kappa shape index (κ1) is 16.8. The molecule has 0 radical (unpaired) electrons. The van der Waals surface area contributed by atoms with Crippen LogP contribution < -0.4 is 9.47 Å². The third-order valence-corrected chi connectivity index (χ3v) is 5.07.